The van der Waals surface area contributed by atoms with Crippen LogP contribution >= 0.6 is 11.6 Å². The molecule has 3 aromatic carbocycles. The van der Waals surface area contributed by atoms with Gasteiger partial charge in [0, 0.05) is 57.3 Å². The predicted octanol–water partition coefficient (Wildman–Crippen LogP) is 6.89. The van der Waals surface area contributed by atoms with Gasteiger partial charge in [0.25, 0.3) is 5.91 Å². The molecular formula is C37H47ClN4O3. The average Bonchev–Trinajstić information content (AvgIpc) is 3.57. The molecule has 1 saturated heterocycles. The Kier molecular flexibility index (Phi) is 12.3. The summed E-state index contributed by atoms with van der Waals surface area (Å²) >= 11 is 6.51. The minimum absolute atomic E-state index is 0.0728. The van der Waals surface area contributed by atoms with Gasteiger partial charge in [0.05, 0.1) is 17.9 Å². The van der Waals surface area contributed by atoms with E-state index in [0.717, 1.165) is 50.1 Å². The van der Waals surface area contributed by atoms with Gasteiger partial charge in [-0.2, -0.15) is 0 Å². The summed E-state index contributed by atoms with van der Waals surface area (Å²) in [6.45, 7) is 9.75. The third-order valence-electron chi connectivity index (χ3n) is 8.74. The number of halogens is 1. The lowest BCUT2D eigenvalue weighted by Gasteiger charge is -2.29. The summed E-state index contributed by atoms with van der Waals surface area (Å²) in [4.78, 5) is 36.5. The maximum Gasteiger partial charge on any atom is 0.257 e. The Morgan fingerprint density at radius 1 is 0.822 bits per heavy atom. The van der Waals surface area contributed by atoms with E-state index in [-0.39, 0.29) is 11.8 Å². The molecule has 2 aliphatic heterocycles. The third-order valence-corrected chi connectivity index (χ3v) is 8.97. The van der Waals surface area contributed by atoms with Gasteiger partial charge < -0.3 is 19.4 Å². The second kappa shape index (κ2) is 16.8. The molecule has 0 aromatic heterocycles. The van der Waals surface area contributed by atoms with Crippen molar-refractivity contribution in [2.24, 2.45) is 0 Å². The van der Waals surface area contributed by atoms with Crippen molar-refractivity contribution >= 4 is 29.1 Å². The van der Waals surface area contributed by atoms with Gasteiger partial charge >= 0.3 is 0 Å². The Morgan fingerprint density at radius 2 is 1.58 bits per heavy atom. The maximum absolute atomic E-state index is 14.4. The molecule has 45 heavy (non-hydrogen) atoms. The summed E-state index contributed by atoms with van der Waals surface area (Å²) in [5.41, 5.74) is 3.50. The number of likely N-dealkylation sites (tertiary alicyclic amines) is 1. The van der Waals surface area contributed by atoms with Crippen molar-refractivity contribution in [3.05, 3.63) is 94.5 Å². The minimum Gasteiger partial charge on any atom is -0.493 e. The summed E-state index contributed by atoms with van der Waals surface area (Å²) in [7, 11) is 0. The fourth-order valence-corrected chi connectivity index (χ4v) is 6.52. The number of carbonyl (C=O) groups excluding carboxylic acids is 2. The van der Waals surface area contributed by atoms with Crippen LogP contribution in [0.1, 0.15) is 66.9 Å². The van der Waals surface area contributed by atoms with E-state index in [0.29, 0.717) is 55.5 Å². The van der Waals surface area contributed by atoms with Crippen LogP contribution in [-0.2, 0) is 17.9 Å². The second-order valence-corrected chi connectivity index (χ2v) is 12.6. The van der Waals surface area contributed by atoms with E-state index < -0.39 is 0 Å². The van der Waals surface area contributed by atoms with Crippen molar-refractivity contribution in [3.63, 3.8) is 0 Å². The average molecular weight is 631 g/mol. The molecule has 1 fully saturated rings. The highest BCUT2D eigenvalue weighted by molar-refractivity contribution is 6.31. The summed E-state index contributed by atoms with van der Waals surface area (Å²) in [5.74, 6) is 0.632. The Balaban J connectivity index is 1.41. The number of fused-ring (bicyclic) bond motifs is 1. The van der Waals surface area contributed by atoms with Gasteiger partial charge in [0.15, 0.2) is 0 Å². The lowest BCUT2D eigenvalue weighted by atomic mass is 10.1. The molecule has 0 spiro atoms. The first-order chi connectivity index (χ1) is 22.0. The van der Waals surface area contributed by atoms with E-state index in [2.05, 4.69) is 34.1 Å². The quantitative estimate of drug-likeness (QED) is 0.229. The summed E-state index contributed by atoms with van der Waals surface area (Å²) < 4.78 is 6.24. The van der Waals surface area contributed by atoms with Crippen molar-refractivity contribution in [1.29, 1.82) is 0 Å². The van der Waals surface area contributed by atoms with Gasteiger partial charge in [-0.05, 0) is 80.6 Å². The van der Waals surface area contributed by atoms with Gasteiger partial charge in [0.2, 0.25) is 5.91 Å². The first-order valence-corrected chi connectivity index (χ1v) is 17.0. The van der Waals surface area contributed by atoms with E-state index in [1.165, 1.54) is 31.5 Å². The molecule has 0 unspecified atom stereocenters. The maximum atomic E-state index is 14.4. The first-order valence-electron chi connectivity index (χ1n) is 16.6. The van der Waals surface area contributed by atoms with Crippen molar-refractivity contribution < 1.29 is 14.3 Å². The van der Waals surface area contributed by atoms with Crippen molar-refractivity contribution in [3.8, 4) is 5.75 Å². The number of anilines is 1. The smallest absolute Gasteiger partial charge is 0.257 e. The minimum atomic E-state index is -0.0728. The van der Waals surface area contributed by atoms with Crippen LogP contribution in [0, 0.1) is 0 Å². The zero-order valence-electron chi connectivity index (χ0n) is 26.6. The molecule has 2 heterocycles. The van der Waals surface area contributed by atoms with Gasteiger partial charge in [-0.25, -0.2) is 0 Å². The van der Waals surface area contributed by atoms with Crippen molar-refractivity contribution in [2.45, 2.75) is 58.5 Å². The van der Waals surface area contributed by atoms with Crippen LogP contribution in [0.15, 0.2) is 72.8 Å². The number of nitrogens with zero attached hydrogens (tertiary/aromatic N) is 4. The molecule has 3 aromatic rings. The number of rotatable bonds is 10. The number of amides is 2. The predicted molar refractivity (Wildman–Crippen MR) is 182 cm³/mol. The van der Waals surface area contributed by atoms with Gasteiger partial charge in [-0.1, -0.05) is 67.1 Å². The van der Waals surface area contributed by atoms with Crippen LogP contribution in [0.5, 0.6) is 5.75 Å². The molecule has 0 atom stereocenters. The number of carbonyl (C=O) groups is 2. The van der Waals surface area contributed by atoms with Crippen LogP contribution in [0.3, 0.4) is 0 Å². The highest BCUT2D eigenvalue weighted by Crippen LogP contribution is 2.30. The van der Waals surface area contributed by atoms with E-state index in [1.807, 2.05) is 65.3 Å². The molecular weight excluding hydrogens is 584 g/mol. The molecule has 7 nitrogen and oxygen atoms in total. The molecule has 240 valence electrons. The van der Waals surface area contributed by atoms with Crippen LogP contribution in [0.4, 0.5) is 5.69 Å². The topological polar surface area (TPSA) is 56.3 Å². The summed E-state index contributed by atoms with van der Waals surface area (Å²) in [6.07, 6.45) is 5.52. The molecule has 8 heteroatoms. The Bertz CT molecular complexity index is 1400. The van der Waals surface area contributed by atoms with Gasteiger partial charge in [-0.15, -0.1) is 0 Å². The van der Waals surface area contributed by atoms with E-state index in [1.54, 1.807) is 0 Å². The van der Waals surface area contributed by atoms with Crippen LogP contribution in [0.25, 0.3) is 0 Å². The molecule has 0 aliphatic carbocycles. The third kappa shape index (κ3) is 9.32. The highest BCUT2D eigenvalue weighted by Gasteiger charge is 2.26. The molecule has 0 bridgehead atoms. The zero-order valence-corrected chi connectivity index (χ0v) is 27.4. The van der Waals surface area contributed by atoms with E-state index in [4.69, 9.17) is 16.3 Å². The molecule has 0 radical (unpaired) electrons. The summed E-state index contributed by atoms with van der Waals surface area (Å²) in [5, 5.41) is 0.578. The first kappa shape index (κ1) is 33.0. The van der Waals surface area contributed by atoms with Crippen molar-refractivity contribution in [2.75, 3.05) is 57.3 Å². The van der Waals surface area contributed by atoms with Crippen molar-refractivity contribution in [1.82, 2.24) is 14.7 Å². The molecule has 2 amide bonds. The monoisotopic (exact) mass is 630 g/mol. The van der Waals surface area contributed by atoms with Gasteiger partial charge in [-0.3, -0.25) is 14.5 Å². The molecule has 0 N–H and O–H groups in total. The van der Waals surface area contributed by atoms with Gasteiger partial charge in [0.1, 0.15) is 5.75 Å². The largest absolute Gasteiger partial charge is 0.493 e. The lowest BCUT2D eigenvalue weighted by molar-refractivity contribution is -0.118. The molecule has 2 aliphatic rings. The molecule has 5 rings (SSSR count). The Hall–Kier alpha value is -3.39. The Morgan fingerprint density at radius 3 is 2.38 bits per heavy atom. The number of para-hydroxylation sites is 1. The number of ether oxygens (including phenoxy) is 1. The number of benzene rings is 3. The normalized spacial score (nSPS) is 16.7. The van der Waals surface area contributed by atoms with Crippen LogP contribution in [0.2, 0.25) is 5.02 Å². The fourth-order valence-electron chi connectivity index (χ4n) is 6.35. The van der Waals surface area contributed by atoms with E-state index >= 15 is 0 Å². The Labute approximate surface area is 273 Å². The molecule has 0 saturated carbocycles. The van der Waals surface area contributed by atoms with E-state index in [9.17, 15) is 9.59 Å². The van der Waals surface area contributed by atoms with Crippen LogP contribution in [-0.4, -0.2) is 78.9 Å². The second-order valence-electron chi connectivity index (χ2n) is 12.2. The number of hydrogen-bond donors (Lipinski definition) is 0. The lowest BCUT2D eigenvalue weighted by Crippen LogP contribution is -2.38. The standard InChI is InChI=1S/C37H47ClN4O3/c1-2-12-36(43)42-23-10-21-40(28-30-13-4-3-5-14-30)24-25-41(29-31-17-18-32(38)27-34(31)42)37(44)33-15-6-7-16-35(33)45-26-11-22-39-19-8-9-20-39/h3-7,13-18,27H,2,8-12,19-26,28-29H2,1H3. The number of hydrogen-bond acceptors (Lipinski definition) is 5. The zero-order chi connectivity index (χ0) is 31.4. The highest BCUT2D eigenvalue weighted by atomic mass is 35.5. The fraction of sp³-hybridized carbons (Fsp3) is 0.459. The summed E-state index contributed by atoms with van der Waals surface area (Å²) in [6, 6.07) is 23.7. The SMILES string of the molecule is CCCC(=O)N1CCCN(Cc2ccccc2)CCN(C(=O)c2ccccc2OCCCN2CCCC2)Cc2ccc(Cl)cc21. The van der Waals surface area contributed by atoms with Crippen LogP contribution < -0.4 is 9.64 Å².